The van der Waals surface area contributed by atoms with Gasteiger partial charge in [0.15, 0.2) is 0 Å². The van der Waals surface area contributed by atoms with E-state index in [9.17, 15) is 22.8 Å². The number of aliphatic carboxylic acids is 1. The largest absolute Gasteiger partial charge is 0.490 e. The molecule has 12 nitrogen and oxygen atoms in total. The number of hydrogen-bond donors (Lipinski definition) is 2. The summed E-state index contributed by atoms with van der Waals surface area (Å²) in [5, 5.41) is 22.4. The van der Waals surface area contributed by atoms with Crippen molar-refractivity contribution in [1.29, 1.82) is 0 Å². The van der Waals surface area contributed by atoms with Crippen LogP contribution in [0.3, 0.4) is 0 Å². The molecule has 2 aliphatic rings. The fourth-order valence-electron chi connectivity index (χ4n) is 4.71. The van der Waals surface area contributed by atoms with Crippen LogP contribution in [0.25, 0.3) is 0 Å². The van der Waals surface area contributed by atoms with Gasteiger partial charge in [0.1, 0.15) is 17.1 Å². The zero-order valence-corrected chi connectivity index (χ0v) is 21.8. The Morgan fingerprint density at radius 1 is 1.13 bits per heavy atom. The molecule has 2 N–H and O–H groups in total. The number of carbonyl (C=O) groups is 3. The molecule has 15 heteroatoms. The summed E-state index contributed by atoms with van der Waals surface area (Å²) in [6, 6.07) is 0. The SMILES string of the molecule is Cc1noc(C)c1C(=O)N1CCC2(CCc3nnc(C(=O)NCCN(C)C)n3CC2)C1.O=C(O)C(F)(F)F. The maximum absolute atomic E-state index is 13.1. The van der Waals surface area contributed by atoms with Gasteiger partial charge in [0.05, 0.1) is 5.69 Å². The monoisotopic (exact) mass is 543 g/mol. The summed E-state index contributed by atoms with van der Waals surface area (Å²) in [7, 11) is 3.94. The number of carbonyl (C=O) groups excluding carboxylic acids is 2. The van der Waals surface area contributed by atoms with Crippen LogP contribution >= 0.6 is 0 Å². The van der Waals surface area contributed by atoms with Gasteiger partial charge in [-0.2, -0.15) is 13.2 Å². The quantitative estimate of drug-likeness (QED) is 0.575. The molecular weight excluding hydrogens is 511 g/mol. The molecule has 1 saturated heterocycles. The highest BCUT2D eigenvalue weighted by Crippen LogP contribution is 2.41. The van der Waals surface area contributed by atoms with E-state index in [0.717, 1.165) is 44.6 Å². The van der Waals surface area contributed by atoms with Gasteiger partial charge in [-0.3, -0.25) is 9.59 Å². The van der Waals surface area contributed by atoms with E-state index in [1.165, 1.54) is 0 Å². The van der Waals surface area contributed by atoms with E-state index < -0.39 is 12.1 Å². The number of halogens is 3. The Morgan fingerprint density at radius 2 is 1.79 bits per heavy atom. The molecule has 2 amide bonds. The molecule has 38 heavy (non-hydrogen) atoms. The lowest BCUT2D eigenvalue weighted by atomic mass is 9.80. The van der Waals surface area contributed by atoms with Gasteiger partial charge in [0.25, 0.3) is 11.8 Å². The van der Waals surface area contributed by atoms with E-state index in [4.69, 9.17) is 14.4 Å². The number of likely N-dealkylation sites (N-methyl/N-ethyl adjacent to an activating group) is 1. The summed E-state index contributed by atoms with van der Waals surface area (Å²) < 4.78 is 38.9. The molecule has 210 valence electrons. The maximum atomic E-state index is 13.1. The van der Waals surface area contributed by atoms with E-state index in [1.54, 1.807) is 13.8 Å². The van der Waals surface area contributed by atoms with Crippen LogP contribution in [-0.2, 0) is 17.8 Å². The molecule has 2 aromatic heterocycles. The van der Waals surface area contributed by atoms with Crippen molar-refractivity contribution in [2.24, 2.45) is 5.41 Å². The van der Waals surface area contributed by atoms with Crippen LogP contribution in [0.5, 0.6) is 0 Å². The fourth-order valence-corrected chi connectivity index (χ4v) is 4.71. The van der Waals surface area contributed by atoms with Crippen molar-refractivity contribution < 1.29 is 37.2 Å². The zero-order valence-electron chi connectivity index (χ0n) is 21.8. The van der Waals surface area contributed by atoms with Crippen molar-refractivity contribution in [2.45, 2.75) is 52.3 Å². The third-order valence-corrected chi connectivity index (χ3v) is 6.84. The molecule has 1 atom stereocenters. The summed E-state index contributed by atoms with van der Waals surface area (Å²) in [5.74, 6) is -1.14. The molecule has 2 aromatic rings. The number of aromatic nitrogens is 4. The van der Waals surface area contributed by atoms with Gasteiger partial charge < -0.3 is 29.3 Å². The standard InChI is InChI=1S/C21H31N7O3.C2HF3O2/c1-14-17(15(2)31-25-14)20(30)27-10-7-21(13-27)6-5-16-23-24-18(28(16)11-8-21)19(29)22-9-12-26(3)4;3-2(4,5)1(6)7/h5-13H2,1-4H3,(H,22,29);(H,6,7). The molecular formula is C23H32F3N7O5. The Morgan fingerprint density at radius 3 is 2.37 bits per heavy atom. The van der Waals surface area contributed by atoms with Gasteiger partial charge in [-0.25, -0.2) is 4.79 Å². The molecule has 1 spiro atoms. The minimum atomic E-state index is -5.08. The average molecular weight is 544 g/mol. The molecule has 4 heterocycles. The van der Waals surface area contributed by atoms with E-state index in [-0.39, 0.29) is 17.2 Å². The third kappa shape index (κ3) is 6.68. The Labute approximate surface area is 217 Å². The number of rotatable bonds is 5. The van der Waals surface area contributed by atoms with Crippen molar-refractivity contribution in [2.75, 3.05) is 40.3 Å². The van der Waals surface area contributed by atoms with Crippen LogP contribution in [0, 0.1) is 19.3 Å². The fraction of sp³-hybridized carbons (Fsp3) is 0.652. The summed E-state index contributed by atoms with van der Waals surface area (Å²) in [4.78, 5) is 38.5. The highest BCUT2D eigenvalue weighted by molar-refractivity contribution is 5.96. The predicted molar refractivity (Wildman–Crippen MR) is 126 cm³/mol. The van der Waals surface area contributed by atoms with Crippen LogP contribution in [-0.4, -0.2) is 99.1 Å². The topological polar surface area (TPSA) is 147 Å². The van der Waals surface area contributed by atoms with Gasteiger partial charge >= 0.3 is 12.1 Å². The molecule has 0 bridgehead atoms. The van der Waals surface area contributed by atoms with Gasteiger partial charge in [-0.05, 0) is 52.6 Å². The van der Waals surface area contributed by atoms with Crippen molar-refractivity contribution in [1.82, 2.24) is 35.0 Å². The summed E-state index contributed by atoms with van der Waals surface area (Å²) in [6.45, 7) is 7.04. The lowest BCUT2D eigenvalue weighted by Crippen LogP contribution is -2.34. The number of fused-ring (bicyclic) bond motifs is 1. The van der Waals surface area contributed by atoms with Crippen LogP contribution in [0.4, 0.5) is 13.2 Å². The predicted octanol–water partition coefficient (Wildman–Crippen LogP) is 1.68. The first-order chi connectivity index (χ1) is 17.7. The highest BCUT2D eigenvalue weighted by atomic mass is 19.4. The molecule has 4 rings (SSSR count). The number of likely N-dealkylation sites (tertiary alicyclic amines) is 1. The first-order valence-corrected chi connectivity index (χ1v) is 12.1. The Kier molecular flexibility index (Phi) is 8.79. The minimum Gasteiger partial charge on any atom is -0.475 e. The second-order valence-electron chi connectivity index (χ2n) is 9.88. The van der Waals surface area contributed by atoms with E-state index in [1.807, 2.05) is 28.5 Å². The Balaban J connectivity index is 0.000000505. The molecule has 1 unspecified atom stereocenters. The molecule has 0 aliphatic carbocycles. The Bertz CT molecular complexity index is 1160. The van der Waals surface area contributed by atoms with Crippen LogP contribution in [0.15, 0.2) is 4.52 Å². The molecule has 1 fully saturated rings. The van der Waals surface area contributed by atoms with Gasteiger partial charge in [0.2, 0.25) is 5.82 Å². The van der Waals surface area contributed by atoms with E-state index in [2.05, 4.69) is 20.7 Å². The molecule has 2 aliphatic heterocycles. The molecule has 0 radical (unpaired) electrons. The van der Waals surface area contributed by atoms with Crippen molar-refractivity contribution in [3.8, 4) is 0 Å². The van der Waals surface area contributed by atoms with Crippen LogP contribution in [0.2, 0.25) is 0 Å². The van der Waals surface area contributed by atoms with Crippen molar-refractivity contribution in [3.05, 3.63) is 28.7 Å². The molecule has 0 saturated carbocycles. The number of nitrogens with one attached hydrogen (secondary N) is 1. The lowest BCUT2D eigenvalue weighted by Gasteiger charge is -2.27. The van der Waals surface area contributed by atoms with Gasteiger partial charge in [-0.1, -0.05) is 5.16 Å². The summed E-state index contributed by atoms with van der Waals surface area (Å²) in [5.41, 5.74) is 1.26. The number of amides is 2. The van der Waals surface area contributed by atoms with Crippen LogP contribution < -0.4 is 5.32 Å². The Hall–Kier alpha value is -3.49. The second-order valence-corrected chi connectivity index (χ2v) is 9.88. The average Bonchev–Trinajstić information content (AvgIpc) is 3.49. The number of hydrogen-bond acceptors (Lipinski definition) is 8. The van der Waals surface area contributed by atoms with E-state index >= 15 is 0 Å². The number of carboxylic acid groups (broad SMARTS) is 1. The van der Waals surface area contributed by atoms with Gasteiger partial charge in [-0.15, -0.1) is 10.2 Å². The summed E-state index contributed by atoms with van der Waals surface area (Å²) >= 11 is 0. The number of carboxylic acids is 1. The first-order valence-electron chi connectivity index (χ1n) is 12.1. The van der Waals surface area contributed by atoms with Crippen molar-refractivity contribution in [3.63, 3.8) is 0 Å². The van der Waals surface area contributed by atoms with Gasteiger partial charge in [0, 0.05) is 39.1 Å². The maximum Gasteiger partial charge on any atom is 0.490 e. The highest BCUT2D eigenvalue weighted by Gasteiger charge is 2.42. The smallest absolute Gasteiger partial charge is 0.475 e. The van der Waals surface area contributed by atoms with Crippen LogP contribution in [0.1, 0.15) is 57.5 Å². The first kappa shape index (κ1) is 29.1. The number of alkyl halides is 3. The summed E-state index contributed by atoms with van der Waals surface area (Å²) in [6.07, 6.45) is -1.56. The number of nitrogens with zero attached hydrogens (tertiary/aromatic N) is 6. The van der Waals surface area contributed by atoms with E-state index in [0.29, 0.717) is 42.5 Å². The molecule has 0 aromatic carbocycles. The van der Waals surface area contributed by atoms with Crippen molar-refractivity contribution >= 4 is 17.8 Å². The number of aryl methyl sites for hydroxylation is 3. The minimum absolute atomic E-state index is 0.00210. The second kappa shape index (κ2) is 11.5. The lowest BCUT2D eigenvalue weighted by molar-refractivity contribution is -0.192. The zero-order chi connectivity index (χ0) is 28.3. The normalized spacial score (nSPS) is 19.1. The third-order valence-electron chi connectivity index (χ3n) is 6.84.